The normalized spacial score (nSPS) is 20.1. The number of methoxy groups -OCH3 is 2. The highest BCUT2D eigenvalue weighted by atomic mass is 16.5. The Kier molecular flexibility index (Phi) is 6.97. The number of ketones is 3. The lowest BCUT2D eigenvalue weighted by atomic mass is 9.70. The van der Waals surface area contributed by atoms with Gasteiger partial charge in [0.15, 0.2) is 28.8 Å². The van der Waals surface area contributed by atoms with E-state index in [0.29, 0.717) is 17.2 Å². The molecule has 0 spiro atoms. The lowest BCUT2D eigenvalue weighted by Crippen LogP contribution is -2.41. The minimum absolute atomic E-state index is 0.00727. The number of aromatic hydroxyl groups is 2. The average Bonchev–Trinajstić information content (AvgIpc) is 3.17. The van der Waals surface area contributed by atoms with Gasteiger partial charge < -0.3 is 29.7 Å². The van der Waals surface area contributed by atoms with Crippen LogP contribution < -0.4 is 19.5 Å². The molecule has 0 amide bonds. The molecule has 9 nitrogen and oxygen atoms in total. The minimum atomic E-state index is -1.58. The number of ether oxygens (including phenoxy) is 3. The summed E-state index contributed by atoms with van der Waals surface area (Å²) in [4.78, 5) is 39.8. The van der Waals surface area contributed by atoms with Crippen LogP contribution >= 0.6 is 0 Å². The van der Waals surface area contributed by atoms with Gasteiger partial charge in [-0.1, -0.05) is 19.9 Å². The molecule has 1 heterocycles. The van der Waals surface area contributed by atoms with E-state index in [9.17, 15) is 24.6 Å². The number of carbonyl (C=O) groups is 3. The van der Waals surface area contributed by atoms with Crippen molar-refractivity contribution < 1.29 is 38.8 Å². The molecule has 1 aliphatic heterocycles. The third-order valence-electron chi connectivity index (χ3n) is 7.57. The molecule has 4 rings (SSSR count). The van der Waals surface area contributed by atoms with Gasteiger partial charge >= 0.3 is 0 Å². The van der Waals surface area contributed by atoms with Crippen molar-refractivity contribution in [3.8, 4) is 28.7 Å². The number of nitrogens with one attached hydrogen (secondary N) is 1. The van der Waals surface area contributed by atoms with Gasteiger partial charge in [-0.3, -0.25) is 14.4 Å². The third-order valence-corrected chi connectivity index (χ3v) is 7.57. The van der Waals surface area contributed by atoms with Crippen LogP contribution in [0.4, 0.5) is 0 Å². The largest absolute Gasteiger partial charge is 0.507 e. The van der Waals surface area contributed by atoms with E-state index in [1.54, 1.807) is 34.1 Å². The molecule has 2 aromatic rings. The van der Waals surface area contributed by atoms with Gasteiger partial charge in [0.2, 0.25) is 0 Å². The van der Waals surface area contributed by atoms with Crippen LogP contribution in [0.15, 0.2) is 41.3 Å². The summed E-state index contributed by atoms with van der Waals surface area (Å²) in [5, 5.41) is 24.9. The topological polar surface area (TPSA) is 131 Å². The second-order valence-electron chi connectivity index (χ2n) is 10.4. The number of hydrogen-bond acceptors (Lipinski definition) is 9. The second kappa shape index (κ2) is 9.80. The Morgan fingerprint density at radius 1 is 1.05 bits per heavy atom. The lowest BCUT2D eigenvalue weighted by molar-refractivity contribution is -0.123. The standard InChI is InChI=1S/C30H33NO8/c1-13(2)25(17-9-10-19(37-7)20(11-17)38-8)31-15(4)22-18(33)12-21-30(6,29(22)36)24-27(35)14(3)26(34)23(16(5)32)28(24)39-21/h9-13,25,31,34-35H,1-8H3/b22-15+/t25-,30+/m1/s1. The van der Waals surface area contributed by atoms with Crippen molar-refractivity contribution in [3.63, 3.8) is 0 Å². The zero-order chi connectivity index (χ0) is 29.0. The molecule has 0 saturated carbocycles. The molecule has 1 aliphatic carbocycles. The van der Waals surface area contributed by atoms with Gasteiger partial charge in [-0.25, -0.2) is 0 Å². The summed E-state index contributed by atoms with van der Waals surface area (Å²) in [5.41, 5.74) is -0.495. The number of fused-ring (bicyclic) bond motifs is 3. The summed E-state index contributed by atoms with van der Waals surface area (Å²) in [6, 6.07) is 5.23. The molecular weight excluding hydrogens is 502 g/mol. The van der Waals surface area contributed by atoms with Gasteiger partial charge in [-0.05, 0) is 51.3 Å². The fourth-order valence-electron chi connectivity index (χ4n) is 5.35. The summed E-state index contributed by atoms with van der Waals surface area (Å²) in [6.45, 7) is 9.91. The number of phenols is 2. The van der Waals surface area contributed by atoms with Crippen LogP contribution in [0.25, 0.3) is 0 Å². The zero-order valence-electron chi connectivity index (χ0n) is 23.3. The Morgan fingerprint density at radius 2 is 1.69 bits per heavy atom. The highest BCUT2D eigenvalue weighted by molar-refractivity contribution is 6.31. The van der Waals surface area contributed by atoms with E-state index in [1.165, 1.54) is 19.9 Å². The average molecular weight is 536 g/mol. The molecule has 39 heavy (non-hydrogen) atoms. The van der Waals surface area contributed by atoms with E-state index >= 15 is 0 Å². The predicted octanol–water partition coefficient (Wildman–Crippen LogP) is 4.57. The van der Waals surface area contributed by atoms with Crippen LogP contribution in [0.1, 0.15) is 67.7 Å². The Balaban J connectivity index is 1.84. The van der Waals surface area contributed by atoms with E-state index in [2.05, 4.69) is 5.32 Å². The maximum absolute atomic E-state index is 14.1. The third kappa shape index (κ3) is 4.13. The Labute approximate surface area is 227 Å². The summed E-state index contributed by atoms with van der Waals surface area (Å²) in [7, 11) is 3.10. The second-order valence-corrected chi connectivity index (χ2v) is 10.4. The summed E-state index contributed by atoms with van der Waals surface area (Å²) in [5.74, 6) is -1.39. The first-order valence-corrected chi connectivity index (χ1v) is 12.6. The van der Waals surface area contributed by atoms with Gasteiger partial charge in [0.1, 0.15) is 34.0 Å². The number of phenolic OH excluding ortho intramolecular Hbond substituents is 2. The van der Waals surface area contributed by atoms with Crippen molar-refractivity contribution in [2.45, 2.75) is 53.0 Å². The number of allylic oxidation sites excluding steroid dienone is 4. The molecule has 2 aromatic carbocycles. The number of carbonyl (C=O) groups excluding carboxylic acids is 3. The molecular formula is C30H33NO8. The highest BCUT2D eigenvalue weighted by Gasteiger charge is 2.56. The van der Waals surface area contributed by atoms with Crippen LogP contribution in [0.3, 0.4) is 0 Å². The molecule has 2 aliphatic rings. The summed E-state index contributed by atoms with van der Waals surface area (Å²) in [6.07, 6.45) is 1.21. The number of Topliss-reactive ketones (excluding diaryl/α,β-unsaturated/α-hetero) is 2. The Bertz CT molecular complexity index is 1480. The molecule has 3 N–H and O–H groups in total. The molecule has 0 radical (unpaired) electrons. The zero-order valence-corrected chi connectivity index (χ0v) is 23.3. The van der Waals surface area contributed by atoms with Crippen molar-refractivity contribution in [3.05, 3.63) is 63.6 Å². The first kappa shape index (κ1) is 27.8. The van der Waals surface area contributed by atoms with E-state index in [4.69, 9.17) is 14.2 Å². The molecule has 0 bridgehead atoms. The monoisotopic (exact) mass is 535 g/mol. The van der Waals surface area contributed by atoms with E-state index in [-0.39, 0.29) is 51.5 Å². The van der Waals surface area contributed by atoms with Gasteiger partial charge in [0.05, 0.1) is 31.4 Å². The minimum Gasteiger partial charge on any atom is -0.507 e. The number of hydrogen-bond donors (Lipinski definition) is 3. The molecule has 2 atom stereocenters. The quantitative estimate of drug-likeness (QED) is 0.265. The van der Waals surface area contributed by atoms with Gasteiger partial charge in [-0.2, -0.15) is 0 Å². The van der Waals surface area contributed by atoms with Gasteiger partial charge in [-0.15, -0.1) is 0 Å². The fraction of sp³-hybridized carbons (Fsp3) is 0.367. The van der Waals surface area contributed by atoms with Crippen LogP contribution in [-0.4, -0.2) is 41.8 Å². The first-order valence-electron chi connectivity index (χ1n) is 12.6. The van der Waals surface area contributed by atoms with Crippen molar-refractivity contribution in [1.29, 1.82) is 0 Å². The fourth-order valence-corrected chi connectivity index (χ4v) is 5.35. The van der Waals surface area contributed by atoms with Crippen LogP contribution in [0, 0.1) is 12.8 Å². The van der Waals surface area contributed by atoms with Crippen LogP contribution in [0.5, 0.6) is 28.7 Å². The van der Waals surface area contributed by atoms with E-state index in [0.717, 1.165) is 5.56 Å². The SMILES string of the molecule is COc1ccc([C@H](N/C(C)=C2\C(=O)C=C3Oc4c(C(C)=O)c(O)c(C)c(O)c4[C@@]3(C)C2=O)C(C)C)cc1OC. The van der Waals surface area contributed by atoms with Crippen LogP contribution in [-0.2, 0) is 15.0 Å². The van der Waals surface area contributed by atoms with Crippen molar-refractivity contribution >= 4 is 17.3 Å². The molecule has 9 heteroatoms. The Morgan fingerprint density at radius 3 is 2.26 bits per heavy atom. The molecule has 0 aromatic heterocycles. The lowest BCUT2D eigenvalue weighted by Gasteiger charge is -2.31. The van der Waals surface area contributed by atoms with Crippen LogP contribution in [0.2, 0.25) is 0 Å². The first-order chi connectivity index (χ1) is 18.3. The molecule has 206 valence electrons. The molecule has 0 unspecified atom stereocenters. The number of rotatable bonds is 7. The highest BCUT2D eigenvalue weighted by Crippen LogP contribution is 2.57. The molecule has 0 fully saturated rings. The van der Waals surface area contributed by atoms with Crippen molar-refractivity contribution in [1.82, 2.24) is 5.32 Å². The maximum atomic E-state index is 14.1. The summed E-state index contributed by atoms with van der Waals surface area (Å²) < 4.78 is 16.6. The Hall–Kier alpha value is -4.27. The van der Waals surface area contributed by atoms with E-state index < -0.39 is 28.5 Å². The predicted molar refractivity (Wildman–Crippen MR) is 144 cm³/mol. The maximum Gasteiger partial charge on any atom is 0.194 e. The number of benzene rings is 2. The van der Waals surface area contributed by atoms with Gasteiger partial charge in [0.25, 0.3) is 0 Å². The molecule has 0 saturated heterocycles. The summed E-state index contributed by atoms with van der Waals surface area (Å²) >= 11 is 0. The van der Waals surface area contributed by atoms with E-state index in [1.807, 2.05) is 26.0 Å². The van der Waals surface area contributed by atoms with Gasteiger partial charge in [0, 0.05) is 17.3 Å². The van der Waals surface area contributed by atoms with Crippen molar-refractivity contribution in [2.24, 2.45) is 5.92 Å². The smallest absolute Gasteiger partial charge is 0.194 e. The van der Waals surface area contributed by atoms with Crippen molar-refractivity contribution in [2.75, 3.05) is 14.2 Å².